The number of rotatable bonds is 3. The van der Waals surface area contributed by atoms with Crippen LogP contribution in [0.5, 0.6) is 0 Å². The number of carbonyl (C=O) groups is 2. The van der Waals surface area contributed by atoms with Gasteiger partial charge in [0, 0.05) is 17.5 Å². The zero-order valence-corrected chi connectivity index (χ0v) is 11.7. The Balaban J connectivity index is 2.10. The minimum Gasteiger partial charge on any atom is -0.369 e. The van der Waals surface area contributed by atoms with Gasteiger partial charge in [-0.15, -0.1) is 11.3 Å². The molecule has 5 nitrogen and oxygen atoms in total. The fourth-order valence-electron chi connectivity index (χ4n) is 2.41. The maximum absolute atomic E-state index is 12.4. The number of likely N-dealkylation sites (tertiary alicyclic amines) is 1. The molecule has 0 bridgehead atoms. The van der Waals surface area contributed by atoms with E-state index in [1.165, 1.54) is 11.3 Å². The number of primary amides is 1. The molecule has 3 atom stereocenters. The Labute approximate surface area is 116 Å². The fourth-order valence-corrected chi connectivity index (χ4v) is 3.13. The average Bonchev–Trinajstić information content (AvgIpc) is 2.91. The van der Waals surface area contributed by atoms with Crippen molar-refractivity contribution in [2.24, 2.45) is 17.4 Å². The summed E-state index contributed by atoms with van der Waals surface area (Å²) in [6, 6.07) is 3.19. The van der Waals surface area contributed by atoms with E-state index in [4.69, 9.17) is 11.5 Å². The molecule has 0 saturated carbocycles. The predicted molar refractivity (Wildman–Crippen MR) is 74.3 cm³/mol. The number of carbonyl (C=O) groups excluding carboxylic acids is 2. The van der Waals surface area contributed by atoms with Crippen LogP contribution in [-0.2, 0) is 9.59 Å². The van der Waals surface area contributed by atoms with Crippen molar-refractivity contribution < 1.29 is 9.59 Å². The largest absolute Gasteiger partial charge is 0.369 e. The molecule has 1 aromatic heterocycles. The Kier molecular flexibility index (Phi) is 4.21. The van der Waals surface area contributed by atoms with Crippen LogP contribution >= 0.6 is 11.3 Å². The summed E-state index contributed by atoms with van der Waals surface area (Å²) in [6.45, 7) is 2.37. The van der Waals surface area contributed by atoms with E-state index in [2.05, 4.69) is 0 Å². The lowest BCUT2D eigenvalue weighted by atomic mass is 9.92. The number of thiophene rings is 1. The summed E-state index contributed by atoms with van der Waals surface area (Å²) in [4.78, 5) is 26.3. The Morgan fingerprint density at radius 1 is 1.47 bits per heavy atom. The number of nitrogens with zero attached hydrogens (tertiary/aromatic N) is 1. The highest BCUT2D eigenvalue weighted by molar-refractivity contribution is 7.10. The van der Waals surface area contributed by atoms with Crippen LogP contribution in [0.2, 0.25) is 0 Å². The number of hydrogen-bond acceptors (Lipinski definition) is 4. The molecule has 2 heterocycles. The van der Waals surface area contributed by atoms with Crippen molar-refractivity contribution in [1.29, 1.82) is 0 Å². The van der Waals surface area contributed by atoms with Crippen molar-refractivity contribution >= 4 is 23.2 Å². The third-order valence-corrected chi connectivity index (χ3v) is 4.64. The van der Waals surface area contributed by atoms with E-state index in [1.54, 1.807) is 4.90 Å². The molecule has 3 unspecified atom stereocenters. The van der Waals surface area contributed by atoms with Crippen molar-refractivity contribution in [3.05, 3.63) is 22.4 Å². The molecule has 0 aliphatic carbocycles. The topological polar surface area (TPSA) is 89.4 Å². The van der Waals surface area contributed by atoms with Crippen LogP contribution in [0.15, 0.2) is 17.5 Å². The molecule has 2 amide bonds. The van der Waals surface area contributed by atoms with Gasteiger partial charge in [-0.3, -0.25) is 9.59 Å². The van der Waals surface area contributed by atoms with Crippen LogP contribution in [-0.4, -0.2) is 29.3 Å². The molecular formula is C13H19N3O2S. The van der Waals surface area contributed by atoms with Crippen LogP contribution in [0.4, 0.5) is 0 Å². The van der Waals surface area contributed by atoms with Crippen molar-refractivity contribution in [3.63, 3.8) is 0 Å². The maximum atomic E-state index is 12.4. The molecule has 1 aromatic rings. The van der Waals surface area contributed by atoms with Gasteiger partial charge in [0.25, 0.3) is 0 Å². The second kappa shape index (κ2) is 5.71. The van der Waals surface area contributed by atoms with Crippen LogP contribution in [0.1, 0.15) is 30.7 Å². The summed E-state index contributed by atoms with van der Waals surface area (Å²) >= 11 is 1.47. The Hall–Kier alpha value is -1.40. The van der Waals surface area contributed by atoms with Crippen LogP contribution < -0.4 is 11.5 Å². The van der Waals surface area contributed by atoms with Crippen LogP contribution in [0.25, 0.3) is 0 Å². The van der Waals surface area contributed by atoms with Crippen LogP contribution in [0, 0.1) is 5.92 Å². The second-order valence-electron chi connectivity index (χ2n) is 5.01. The molecule has 2 rings (SSSR count). The van der Waals surface area contributed by atoms with Crippen molar-refractivity contribution in [1.82, 2.24) is 4.90 Å². The Bertz CT molecular complexity index is 460. The average molecular weight is 281 g/mol. The molecule has 0 aromatic carbocycles. The van der Waals surface area contributed by atoms with E-state index in [0.717, 1.165) is 17.7 Å². The number of piperidine rings is 1. The summed E-state index contributed by atoms with van der Waals surface area (Å²) in [5.74, 6) is -0.717. The van der Waals surface area contributed by atoms with E-state index in [1.807, 2.05) is 24.4 Å². The van der Waals surface area contributed by atoms with Gasteiger partial charge in [0.05, 0.1) is 5.92 Å². The van der Waals surface area contributed by atoms with Gasteiger partial charge in [-0.2, -0.15) is 0 Å². The van der Waals surface area contributed by atoms with Gasteiger partial charge in [0.15, 0.2) is 0 Å². The summed E-state index contributed by atoms with van der Waals surface area (Å²) in [6.07, 6.45) is 1.53. The van der Waals surface area contributed by atoms with Crippen LogP contribution in [0.3, 0.4) is 0 Å². The molecule has 1 aliphatic heterocycles. The number of nitrogens with two attached hydrogens (primary N) is 2. The van der Waals surface area contributed by atoms with Gasteiger partial charge in [-0.25, -0.2) is 0 Å². The van der Waals surface area contributed by atoms with E-state index in [0.29, 0.717) is 6.54 Å². The minimum atomic E-state index is -0.644. The smallest absolute Gasteiger partial charge is 0.245 e. The first-order chi connectivity index (χ1) is 9.00. The highest BCUT2D eigenvalue weighted by Crippen LogP contribution is 2.26. The van der Waals surface area contributed by atoms with E-state index < -0.39 is 6.04 Å². The van der Waals surface area contributed by atoms with Gasteiger partial charge < -0.3 is 16.4 Å². The molecule has 1 saturated heterocycles. The van der Waals surface area contributed by atoms with Gasteiger partial charge in [-0.05, 0) is 31.2 Å². The summed E-state index contributed by atoms with van der Waals surface area (Å²) in [5.41, 5.74) is 11.3. The summed E-state index contributed by atoms with van der Waals surface area (Å²) in [5, 5.41) is 1.90. The first-order valence-electron chi connectivity index (χ1n) is 6.39. The monoisotopic (exact) mass is 281 g/mol. The Morgan fingerprint density at radius 3 is 2.79 bits per heavy atom. The summed E-state index contributed by atoms with van der Waals surface area (Å²) in [7, 11) is 0. The molecule has 0 radical (unpaired) electrons. The van der Waals surface area contributed by atoms with Crippen molar-refractivity contribution in [3.8, 4) is 0 Å². The minimum absolute atomic E-state index is 0.106. The van der Waals surface area contributed by atoms with Gasteiger partial charge in [-0.1, -0.05) is 6.07 Å². The normalized spacial score (nSPS) is 25.1. The number of hydrogen-bond donors (Lipinski definition) is 2. The lowest BCUT2D eigenvalue weighted by molar-refractivity contribution is -0.138. The van der Waals surface area contributed by atoms with Gasteiger partial charge >= 0.3 is 0 Å². The fraction of sp³-hybridized carbons (Fsp3) is 0.538. The zero-order valence-electron chi connectivity index (χ0n) is 10.9. The molecule has 4 N–H and O–H groups in total. The molecule has 6 heteroatoms. The van der Waals surface area contributed by atoms with Crippen molar-refractivity contribution in [2.75, 3.05) is 6.54 Å². The second-order valence-corrected chi connectivity index (χ2v) is 5.99. The lowest BCUT2D eigenvalue weighted by Gasteiger charge is -2.38. The van der Waals surface area contributed by atoms with Gasteiger partial charge in [0.2, 0.25) is 11.8 Å². The van der Waals surface area contributed by atoms with Crippen molar-refractivity contribution in [2.45, 2.75) is 31.8 Å². The van der Waals surface area contributed by atoms with E-state index in [-0.39, 0.29) is 23.8 Å². The number of amides is 2. The molecule has 1 aliphatic rings. The highest BCUT2D eigenvalue weighted by atomic mass is 32.1. The lowest BCUT2D eigenvalue weighted by Crippen LogP contribution is -2.51. The molecule has 0 spiro atoms. The third kappa shape index (κ3) is 2.96. The highest BCUT2D eigenvalue weighted by Gasteiger charge is 2.34. The third-order valence-electron chi connectivity index (χ3n) is 3.68. The van der Waals surface area contributed by atoms with E-state index in [9.17, 15) is 9.59 Å². The Morgan fingerprint density at radius 2 is 2.21 bits per heavy atom. The molecular weight excluding hydrogens is 262 g/mol. The van der Waals surface area contributed by atoms with Gasteiger partial charge in [0.1, 0.15) is 6.04 Å². The molecule has 104 valence electrons. The maximum Gasteiger partial charge on any atom is 0.245 e. The first kappa shape index (κ1) is 14.0. The quantitative estimate of drug-likeness (QED) is 0.861. The zero-order chi connectivity index (χ0) is 14.0. The SMILES string of the molecule is CC1CCC(C(N)=O)CN1C(=O)C(N)c1cccs1. The first-order valence-corrected chi connectivity index (χ1v) is 7.27. The predicted octanol–water partition coefficient (Wildman–Crippen LogP) is 0.860. The molecule has 1 fully saturated rings. The van der Waals surface area contributed by atoms with E-state index >= 15 is 0 Å². The standard InChI is InChI=1S/C13H19N3O2S/c1-8-4-5-9(12(15)17)7-16(8)13(18)11(14)10-3-2-6-19-10/h2-3,6,8-9,11H,4-5,7,14H2,1H3,(H2,15,17). The molecule has 19 heavy (non-hydrogen) atoms. The summed E-state index contributed by atoms with van der Waals surface area (Å²) < 4.78 is 0.